The fourth-order valence-electron chi connectivity index (χ4n) is 3.03. The Kier molecular flexibility index (Phi) is 4.76. The van der Waals surface area contributed by atoms with Gasteiger partial charge in [-0.3, -0.25) is 4.79 Å². The highest BCUT2D eigenvalue weighted by Gasteiger charge is 2.11. The fraction of sp³-hybridized carbons (Fsp3) is 0.136. The molecule has 6 nitrogen and oxygen atoms in total. The Morgan fingerprint density at radius 1 is 0.893 bits per heavy atom. The van der Waals surface area contributed by atoms with Gasteiger partial charge < -0.3 is 23.9 Å². The number of anilines is 1. The summed E-state index contributed by atoms with van der Waals surface area (Å²) in [6.07, 6.45) is 0. The first kappa shape index (κ1) is 17.7. The summed E-state index contributed by atoms with van der Waals surface area (Å²) in [5.41, 5.74) is 2.15. The average molecular weight is 377 g/mol. The molecule has 0 spiro atoms. The van der Waals surface area contributed by atoms with Crippen molar-refractivity contribution in [3.63, 3.8) is 0 Å². The Morgan fingerprint density at radius 3 is 2.50 bits per heavy atom. The van der Waals surface area contributed by atoms with Gasteiger partial charge in [0.1, 0.15) is 28.4 Å². The molecule has 1 heterocycles. The zero-order valence-corrected chi connectivity index (χ0v) is 15.5. The first-order valence-corrected chi connectivity index (χ1v) is 8.74. The van der Waals surface area contributed by atoms with E-state index in [0.29, 0.717) is 22.9 Å². The number of para-hydroxylation sites is 1. The van der Waals surface area contributed by atoms with Crippen molar-refractivity contribution in [1.82, 2.24) is 0 Å². The van der Waals surface area contributed by atoms with Gasteiger partial charge in [-0.15, -0.1) is 0 Å². The van der Waals surface area contributed by atoms with E-state index < -0.39 is 0 Å². The number of methoxy groups -OCH3 is 2. The van der Waals surface area contributed by atoms with Gasteiger partial charge in [0.15, 0.2) is 6.61 Å². The summed E-state index contributed by atoms with van der Waals surface area (Å²) < 4.78 is 21.9. The molecule has 0 bridgehead atoms. The molecule has 6 heteroatoms. The lowest BCUT2D eigenvalue weighted by Crippen LogP contribution is -2.20. The minimum Gasteiger partial charge on any atom is -0.497 e. The van der Waals surface area contributed by atoms with Crippen LogP contribution in [-0.2, 0) is 4.79 Å². The number of carbonyl (C=O) groups is 1. The van der Waals surface area contributed by atoms with Crippen LogP contribution in [0.4, 0.5) is 5.69 Å². The molecule has 4 aromatic rings. The fourth-order valence-corrected chi connectivity index (χ4v) is 3.03. The van der Waals surface area contributed by atoms with Crippen LogP contribution in [-0.4, -0.2) is 26.7 Å². The molecular formula is C22H19NO5. The second kappa shape index (κ2) is 7.52. The molecular weight excluding hydrogens is 358 g/mol. The van der Waals surface area contributed by atoms with Crippen molar-refractivity contribution in [1.29, 1.82) is 0 Å². The van der Waals surface area contributed by atoms with Gasteiger partial charge in [-0.1, -0.05) is 18.2 Å². The molecule has 0 aliphatic heterocycles. The highest BCUT2D eigenvalue weighted by atomic mass is 16.5. The van der Waals surface area contributed by atoms with E-state index in [2.05, 4.69) is 5.32 Å². The van der Waals surface area contributed by atoms with E-state index in [9.17, 15) is 4.79 Å². The Hall–Kier alpha value is -3.67. The maximum Gasteiger partial charge on any atom is 0.262 e. The molecule has 142 valence electrons. The van der Waals surface area contributed by atoms with Crippen molar-refractivity contribution >= 4 is 33.5 Å². The molecule has 1 amide bonds. The molecule has 0 saturated heterocycles. The van der Waals surface area contributed by atoms with Crippen molar-refractivity contribution in [3.8, 4) is 17.2 Å². The van der Waals surface area contributed by atoms with E-state index >= 15 is 0 Å². The van der Waals surface area contributed by atoms with Crippen LogP contribution < -0.4 is 19.5 Å². The molecule has 0 aliphatic rings. The number of rotatable bonds is 6. The molecule has 0 radical (unpaired) electrons. The monoisotopic (exact) mass is 377 g/mol. The smallest absolute Gasteiger partial charge is 0.262 e. The minimum atomic E-state index is -0.291. The molecule has 3 aromatic carbocycles. The highest BCUT2D eigenvalue weighted by Crippen LogP contribution is 2.31. The number of amides is 1. The Balaban J connectivity index is 1.47. The largest absolute Gasteiger partial charge is 0.497 e. The summed E-state index contributed by atoms with van der Waals surface area (Å²) in [6, 6.07) is 18.5. The Morgan fingerprint density at radius 2 is 1.68 bits per heavy atom. The van der Waals surface area contributed by atoms with E-state index in [1.807, 2.05) is 36.4 Å². The van der Waals surface area contributed by atoms with Gasteiger partial charge in [-0.25, -0.2) is 0 Å². The van der Waals surface area contributed by atoms with Gasteiger partial charge in [0, 0.05) is 16.8 Å². The minimum absolute atomic E-state index is 0.128. The summed E-state index contributed by atoms with van der Waals surface area (Å²) in [6.45, 7) is -0.128. The predicted octanol–water partition coefficient (Wildman–Crippen LogP) is 4.62. The lowest BCUT2D eigenvalue weighted by Gasteiger charge is -2.12. The molecule has 1 aromatic heterocycles. The third-order valence-electron chi connectivity index (χ3n) is 4.40. The Labute approximate surface area is 161 Å². The SMILES string of the molecule is COc1ccc(NC(=O)COc2ccc3oc4ccccc4c3c2)c(OC)c1. The van der Waals surface area contributed by atoms with Crippen LogP contribution in [0.15, 0.2) is 65.1 Å². The van der Waals surface area contributed by atoms with Crippen LogP contribution >= 0.6 is 0 Å². The van der Waals surface area contributed by atoms with Gasteiger partial charge in [-0.2, -0.15) is 0 Å². The van der Waals surface area contributed by atoms with Crippen molar-refractivity contribution in [2.75, 3.05) is 26.1 Å². The van der Waals surface area contributed by atoms with E-state index in [1.54, 1.807) is 31.4 Å². The van der Waals surface area contributed by atoms with Gasteiger partial charge in [0.25, 0.3) is 5.91 Å². The number of benzene rings is 3. The predicted molar refractivity (Wildman–Crippen MR) is 107 cm³/mol. The van der Waals surface area contributed by atoms with E-state index in [-0.39, 0.29) is 12.5 Å². The zero-order valence-electron chi connectivity index (χ0n) is 15.5. The lowest BCUT2D eigenvalue weighted by atomic mass is 10.1. The topological polar surface area (TPSA) is 69.9 Å². The van der Waals surface area contributed by atoms with Crippen molar-refractivity contribution in [2.45, 2.75) is 0 Å². The quantitative estimate of drug-likeness (QED) is 0.531. The number of nitrogens with one attached hydrogen (secondary N) is 1. The van der Waals surface area contributed by atoms with Crippen molar-refractivity contribution in [2.24, 2.45) is 0 Å². The third-order valence-corrected chi connectivity index (χ3v) is 4.40. The second-order valence-corrected chi connectivity index (χ2v) is 6.16. The zero-order chi connectivity index (χ0) is 19.5. The molecule has 28 heavy (non-hydrogen) atoms. The van der Waals surface area contributed by atoms with E-state index in [1.165, 1.54) is 7.11 Å². The van der Waals surface area contributed by atoms with Crippen LogP contribution in [0.3, 0.4) is 0 Å². The first-order valence-electron chi connectivity index (χ1n) is 8.74. The molecule has 0 aliphatic carbocycles. The number of carbonyl (C=O) groups excluding carboxylic acids is 1. The van der Waals surface area contributed by atoms with Crippen LogP contribution in [0.1, 0.15) is 0 Å². The highest BCUT2D eigenvalue weighted by molar-refractivity contribution is 6.05. The van der Waals surface area contributed by atoms with Crippen LogP contribution in [0.25, 0.3) is 21.9 Å². The summed E-state index contributed by atoms with van der Waals surface area (Å²) in [7, 11) is 3.10. The normalized spacial score (nSPS) is 10.8. The number of fused-ring (bicyclic) bond motifs is 3. The number of hydrogen-bond donors (Lipinski definition) is 1. The standard InChI is InChI=1S/C22H19NO5/c1-25-14-7-9-18(21(12-14)26-2)23-22(24)13-27-15-8-10-20-17(11-15)16-5-3-4-6-19(16)28-20/h3-12H,13H2,1-2H3,(H,23,24). The van der Waals surface area contributed by atoms with Gasteiger partial charge in [0.05, 0.1) is 19.9 Å². The summed E-state index contributed by atoms with van der Waals surface area (Å²) in [4.78, 5) is 12.3. The molecule has 0 atom stereocenters. The summed E-state index contributed by atoms with van der Waals surface area (Å²) in [5, 5.41) is 4.74. The molecule has 1 N–H and O–H groups in total. The lowest BCUT2D eigenvalue weighted by molar-refractivity contribution is -0.118. The number of furan rings is 1. The average Bonchev–Trinajstić information content (AvgIpc) is 3.10. The number of hydrogen-bond acceptors (Lipinski definition) is 5. The van der Waals surface area contributed by atoms with Gasteiger partial charge in [-0.05, 0) is 36.4 Å². The van der Waals surface area contributed by atoms with Crippen molar-refractivity contribution in [3.05, 3.63) is 60.7 Å². The third kappa shape index (κ3) is 3.44. The van der Waals surface area contributed by atoms with Crippen molar-refractivity contribution < 1.29 is 23.4 Å². The molecule has 0 fully saturated rings. The van der Waals surface area contributed by atoms with Crippen LogP contribution in [0.5, 0.6) is 17.2 Å². The van der Waals surface area contributed by atoms with E-state index in [4.69, 9.17) is 18.6 Å². The maximum atomic E-state index is 12.3. The van der Waals surface area contributed by atoms with Gasteiger partial charge in [0.2, 0.25) is 0 Å². The molecule has 0 unspecified atom stereocenters. The second-order valence-electron chi connectivity index (χ2n) is 6.16. The van der Waals surface area contributed by atoms with Crippen LogP contribution in [0.2, 0.25) is 0 Å². The molecule has 0 saturated carbocycles. The molecule has 4 rings (SSSR count). The van der Waals surface area contributed by atoms with Gasteiger partial charge >= 0.3 is 0 Å². The summed E-state index contributed by atoms with van der Waals surface area (Å²) >= 11 is 0. The van der Waals surface area contributed by atoms with E-state index in [0.717, 1.165) is 21.9 Å². The summed E-state index contributed by atoms with van der Waals surface area (Å²) in [5.74, 6) is 1.46. The van der Waals surface area contributed by atoms with Crippen LogP contribution in [0, 0.1) is 0 Å². The Bertz CT molecular complexity index is 1150. The number of ether oxygens (including phenoxy) is 3. The maximum absolute atomic E-state index is 12.3. The first-order chi connectivity index (χ1) is 13.7.